The van der Waals surface area contributed by atoms with E-state index in [1.165, 1.54) is 41.1 Å². The van der Waals surface area contributed by atoms with Gasteiger partial charge in [0.15, 0.2) is 5.75 Å². The normalized spacial score (nSPS) is 18.5. The van der Waals surface area contributed by atoms with Gasteiger partial charge in [0.25, 0.3) is 5.56 Å². The quantitative estimate of drug-likeness (QED) is 0.870. The zero-order valence-corrected chi connectivity index (χ0v) is 14.1. The van der Waals surface area contributed by atoms with E-state index in [0.29, 0.717) is 5.75 Å². The lowest BCUT2D eigenvalue weighted by molar-refractivity contribution is 0.133. The lowest BCUT2D eigenvalue weighted by Gasteiger charge is -2.36. The van der Waals surface area contributed by atoms with Gasteiger partial charge in [-0.05, 0) is 48.9 Å². The first-order chi connectivity index (χ1) is 11.7. The van der Waals surface area contributed by atoms with Gasteiger partial charge in [-0.1, -0.05) is 12.5 Å². The highest BCUT2D eigenvalue weighted by atomic mass is 16.5. The first-order valence-corrected chi connectivity index (χ1v) is 8.76. The van der Waals surface area contributed by atoms with Crippen molar-refractivity contribution in [2.75, 3.05) is 13.1 Å². The summed E-state index contributed by atoms with van der Waals surface area (Å²) in [5.74, 6) is 1.27. The van der Waals surface area contributed by atoms with Gasteiger partial charge in [0.05, 0.1) is 6.20 Å². The fourth-order valence-electron chi connectivity index (χ4n) is 3.54. The van der Waals surface area contributed by atoms with Crippen LogP contribution in [-0.2, 0) is 19.9 Å². The molecule has 1 fully saturated rings. The summed E-state index contributed by atoms with van der Waals surface area (Å²) in [6.45, 7) is 2.30. The number of fused-ring (bicyclic) bond motifs is 1. The van der Waals surface area contributed by atoms with Crippen molar-refractivity contribution >= 4 is 0 Å². The van der Waals surface area contributed by atoms with Gasteiger partial charge in [-0.15, -0.1) is 0 Å². The second kappa shape index (κ2) is 6.40. The van der Waals surface area contributed by atoms with Gasteiger partial charge in [-0.3, -0.25) is 9.69 Å². The summed E-state index contributed by atoms with van der Waals surface area (Å²) in [5, 5.41) is 3.99. The maximum Gasteiger partial charge on any atom is 0.270 e. The lowest BCUT2D eigenvalue weighted by atomic mass is 9.91. The van der Waals surface area contributed by atoms with Crippen LogP contribution in [0.5, 0.6) is 11.5 Å². The summed E-state index contributed by atoms with van der Waals surface area (Å²) in [7, 11) is 1.63. The summed E-state index contributed by atoms with van der Waals surface area (Å²) in [4.78, 5) is 14.3. The molecule has 1 aliphatic heterocycles. The molecule has 0 radical (unpaired) electrons. The number of rotatable bonds is 3. The van der Waals surface area contributed by atoms with Crippen LogP contribution in [0.25, 0.3) is 0 Å². The number of benzene rings is 1. The SMILES string of the molecule is Cn1ncc(Oc2ccc3c(c2)CCN(C2CCC2)CC3)cc1=O. The fourth-order valence-corrected chi connectivity index (χ4v) is 3.54. The van der Waals surface area contributed by atoms with E-state index in [-0.39, 0.29) is 5.56 Å². The monoisotopic (exact) mass is 325 g/mol. The van der Waals surface area contributed by atoms with Gasteiger partial charge in [0.1, 0.15) is 5.75 Å². The van der Waals surface area contributed by atoms with Gasteiger partial charge in [-0.2, -0.15) is 5.10 Å². The fraction of sp³-hybridized carbons (Fsp3) is 0.474. The van der Waals surface area contributed by atoms with Crippen molar-refractivity contribution in [2.45, 2.75) is 38.1 Å². The highest BCUT2D eigenvalue weighted by Gasteiger charge is 2.26. The van der Waals surface area contributed by atoms with Crippen LogP contribution in [0.4, 0.5) is 0 Å². The molecule has 24 heavy (non-hydrogen) atoms. The molecule has 1 aliphatic carbocycles. The molecular weight excluding hydrogens is 302 g/mol. The smallest absolute Gasteiger partial charge is 0.270 e. The summed E-state index contributed by atoms with van der Waals surface area (Å²) in [5.41, 5.74) is 2.62. The summed E-state index contributed by atoms with van der Waals surface area (Å²) >= 11 is 0. The topological polar surface area (TPSA) is 47.4 Å². The average Bonchev–Trinajstić information content (AvgIpc) is 2.72. The minimum atomic E-state index is -0.168. The van der Waals surface area contributed by atoms with E-state index >= 15 is 0 Å². The molecule has 5 heteroatoms. The molecule has 0 N–H and O–H groups in total. The van der Waals surface area contributed by atoms with Crippen molar-refractivity contribution in [3.05, 3.63) is 51.9 Å². The van der Waals surface area contributed by atoms with Crippen molar-refractivity contribution in [3.63, 3.8) is 0 Å². The van der Waals surface area contributed by atoms with Crippen LogP contribution in [0.2, 0.25) is 0 Å². The maximum absolute atomic E-state index is 11.7. The molecule has 126 valence electrons. The Kier molecular flexibility index (Phi) is 4.10. The van der Waals surface area contributed by atoms with Crippen molar-refractivity contribution in [1.82, 2.24) is 14.7 Å². The predicted octanol–water partition coefficient (Wildman–Crippen LogP) is 2.53. The highest BCUT2D eigenvalue weighted by Crippen LogP contribution is 2.29. The zero-order chi connectivity index (χ0) is 16.5. The molecule has 0 atom stereocenters. The first-order valence-electron chi connectivity index (χ1n) is 8.76. The number of hydrogen-bond acceptors (Lipinski definition) is 4. The Labute approximate surface area is 141 Å². The van der Waals surface area contributed by atoms with Crippen LogP contribution < -0.4 is 10.3 Å². The molecule has 4 rings (SSSR count). The van der Waals surface area contributed by atoms with Crippen LogP contribution in [0.15, 0.2) is 35.3 Å². The van der Waals surface area contributed by atoms with E-state index in [2.05, 4.69) is 22.1 Å². The largest absolute Gasteiger partial charge is 0.455 e. The third kappa shape index (κ3) is 3.08. The van der Waals surface area contributed by atoms with E-state index in [9.17, 15) is 4.79 Å². The third-order valence-corrected chi connectivity index (χ3v) is 5.28. The standard InChI is InChI=1S/C19H23N3O2/c1-21-19(23)12-18(13-20-21)24-17-6-5-14-7-9-22(16-3-2-4-16)10-8-15(14)11-17/h5-6,11-13,16H,2-4,7-10H2,1H3. The van der Waals surface area contributed by atoms with Crippen LogP contribution >= 0.6 is 0 Å². The van der Waals surface area contributed by atoms with Gasteiger partial charge >= 0.3 is 0 Å². The van der Waals surface area contributed by atoms with Crippen molar-refractivity contribution < 1.29 is 4.74 Å². The number of nitrogens with zero attached hydrogens (tertiary/aromatic N) is 3. The Bertz CT molecular complexity index is 795. The molecule has 0 bridgehead atoms. The summed E-state index contributed by atoms with van der Waals surface area (Å²) in [6, 6.07) is 8.56. The molecule has 0 amide bonds. The minimum absolute atomic E-state index is 0.168. The highest BCUT2D eigenvalue weighted by molar-refractivity contribution is 5.39. The molecule has 0 saturated heterocycles. The Balaban J connectivity index is 1.50. The second-order valence-electron chi connectivity index (χ2n) is 6.81. The molecule has 2 aromatic rings. The predicted molar refractivity (Wildman–Crippen MR) is 92.6 cm³/mol. The molecule has 1 aromatic heterocycles. The van der Waals surface area contributed by atoms with E-state index < -0.39 is 0 Å². The lowest BCUT2D eigenvalue weighted by Crippen LogP contribution is -2.41. The molecule has 5 nitrogen and oxygen atoms in total. The molecule has 1 saturated carbocycles. The van der Waals surface area contributed by atoms with Crippen LogP contribution in [0.3, 0.4) is 0 Å². The van der Waals surface area contributed by atoms with E-state index in [0.717, 1.165) is 37.7 Å². The van der Waals surface area contributed by atoms with Crippen molar-refractivity contribution in [1.29, 1.82) is 0 Å². The molecule has 1 aromatic carbocycles. The average molecular weight is 325 g/mol. The number of aromatic nitrogens is 2. The molecule has 0 unspecified atom stereocenters. The first kappa shape index (κ1) is 15.4. The van der Waals surface area contributed by atoms with Crippen molar-refractivity contribution in [2.24, 2.45) is 7.05 Å². The number of hydrogen-bond donors (Lipinski definition) is 0. The maximum atomic E-state index is 11.7. The second-order valence-corrected chi connectivity index (χ2v) is 6.81. The Hall–Kier alpha value is -2.14. The van der Waals surface area contributed by atoms with Gasteiger partial charge in [-0.25, -0.2) is 4.68 Å². The van der Waals surface area contributed by atoms with E-state index in [1.54, 1.807) is 13.2 Å². The summed E-state index contributed by atoms with van der Waals surface area (Å²) in [6.07, 6.45) is 7.86. The molecule has 2 heterocycles. The molecule has 2 aliphatic rings. The number of aryl methyl sites for hydroxylation is 1. The molecular formula is C19H23N3O2. The van der Waals surface area contributed by atoms with Gasteiger partial charge < -0.3 is 4.74 Å². The zero-order valence-electron chi connectivity index (χ0n) is 14.1. The van der Waals surface area contributed by atoms with Gasteiger partial charge in [0, 0.05) is 32.2 Å². The van der Waals surface area contributed by atoms with Crippen LogP contribution in [0.1, 0.15) is 30.4 Å². The Morgan fingerprint density at radius 3 is 2.58 bits per heavy atom. The van der Waals surface area contributed by atoms with Crippen LogP contribution in [-0.4, -0.2) is 33.8 Å². The third-order valence-electron chi connectivity index (χ3n) is 5.28. The van der Waals surface area contributed by atoms with Crippen molar-refractivity contribution in [3.8, 4) is 11.5 Å². The Morgan fingerprint density at radius 1 is 1.08 bits per heavy atom. The van der Waals surface area contributed by atoms with E-state index in [1.807, 2.05) is 6.07 Å². The van der Waals surface area contributed by atoms with Crippen LogP contribution in [0, 0.1) is 0 Å². The Morgan fingerprint density at radius 2 is 1.88 bits per heavy atom. The number of ether oxygens (including phenoxy) is 1. The minimum Gasteiger partial charge on any atom is -0.455 e. The van der Waals surface area contributed by atoms with E-state index in [4.69, 9.17) is 4.74 Å². The van der Waals surface area contributed by atoms with Gasteiger partial charge in [0.2, 0.25) is 0 Å². The molecule has 0 spiro atoms. The summed E-state index contributed by atoms with van der Waals surface area (Å²) < 4.78 is 7.13.